The van der Waals surface area contributed by atoms with Gasteiger partial charge in [0.25, 0.3) is 17.3 Å². The Morgan fingerprint density at radius 3 is 1.30 bits per heavy atom. The standard InChI is InChI=1S/2C14H10ClNO4S.C14H10ClNOS.C7H5ClO2S.C7H6FNO2/c2*1-8-2-4-13(11(6-8)16(19)20)21-12-5-3-9(15)7-10(12)14(17)18;1-8-2-4-13-11(6-8)16-14(17)10-7-9(15)3-5-12(10)18-13;8-4-1-2-6(11)5(3-4)7(9)10;1-5-2-3-6(8)7(4-5)9(10)11/h2*2-7H,1H3,(H,17,18);2-7H,1H3,(H,16,17);1-3,11H,(H,9,10);2-4H,1H3. The van der Waals surface area contributed by atoms with Crippen LogP contribution in [0.1, 0.15) is 63.7 Å². The van der Waals surface area contributed by atoms with Gasteiger partial charge in [0.1, 0.15) is 0 Å². The van der Waals surface area contributed by atoms with Crippen LogP contribution < -0.4 is 5.32 Å². The fourth-order valence-electron chi connectivity index (χ4n) is 6.82. The lowest BCUT2D eigenvalue weighted by Crippen LogP contribution is -2.11. The molecule has 26 heteroatoms. The molecule has 0 unspecified atom stereocenters. The third-order valence-electron chi connectivity index (χ3n) is 10.7. The third kappa shape index (κ3) is 18.7. The van der Waals surface area contributed by atoms with Crippen LogP contribution in [0, 0.1) is 63.9 Å². The molecule has 17 nitrogen and oxygen atoms in total. The minimum Gasteiger partial charge on any atom is -0.478 e. The number of aromatic carboxylic acids is 3. The largest absolute Gasteiger partial charge is 0.478 e. The molecule has 82 heavy (non-hydrogen) atoms. The van der Waals surface area contributed by atoms with Crippen LogP contribution >= 0.6 is 94.3 Å². The summed E-state index contributed by atoms with van der Waals surface area (Å²) in [5.74, 6) is -4.17. The average Bonchev–Trinajstić information content (AvgIpc) is 3.81. The third-order valence-corrected chi connectivity index (χ3v) is 15.4. The maximum Gasteiger partial charge on any atom is 0.336 e. The molecule has 0 saturated carbocycles. The van der Waals surface area contributed by atoms with Crippen LogP contribution in [-0.4, -0.2) is 53.9 Å². The van der Waals surface area contributed by atoms with Crippen molar-refractivity contribution in [3.05, 3.63) is 246 Å². The molecule has 1 amide bonds. The second-order valence-electron chi connectivity index (χ2n) is 16.9. The normalized spacial score (nSPS) is 10.8. The molecule has 9 rings (SSSR count). The lowest BCUT2D eigenvalue weighted by atomic mass is 10.2. The highest BCUT2D eigenvalue weighted by molar-refractivity contribution is 8.00. The Hall–Kier alpha value is -7.67. The Balaban J connectivity index is 0.000000193. The Morgan fingerprint density at radius 2 is 0.866 bits per heavy atom. The average molecular weight is 1270 g/mol. The van der Waals surface area contributed by atoms with E-state index in [2.05, 4.69) is 17.9 Å². The number of hydrogen-bond donors (Lipinski definition) is 5. The summed E-state index contributed by atoms with van der Waals surface area (Å²) in [6, 6.07) is 38.2. The quantitative estimate of drug-likeness (QED) is 0.0484. The van der Waals surface area contributed by atoms with E-state index in [4.69, 9.17) is 51.5 Å². The minimum atomic E-state index is -1.13. The molecule has 1 aliphatic heterocycles. The lowest BCUT2D eigenvalue weighted by Gasteiger charge is -2.07. The number of amides is 1. The molecule has 0 bridgehead atoms. The summed E-state index contributed by atoms with van der Waals surface area (Å²) < 4.78 is 12.6. The van der Waals surface area contributed by atoms with Gasteiger partial charge in [0.2, 0.25) is 5.82 Å². The van der Waals surface area contributed by atoms with Crippen LogP contribution in [0.25, 0.3) is 0 Å². The number of carbonyl (C=O) groups excluding carboxylic acids is 1. The zero-order valence-electron chi connectivity index (χ0n) is 42.7. The molecule has 8 aromatic carbocycles. The van der Waals surface area contributed by atoms with Gasteiger partial charge in [-0.05, 0) is 153 Å². The van der Waals surface area contributed by atoms with E-state index in [0.717, 1.165) is 61.8 Å². The van der Waals surface area contributed by atoms with Crippen molar-refractivity contribution < 1.29 is 53.7 Å². The molecule has 1 heterocycles. The number of nitro benzene ring substituents is 3. The number of aryl methyl sites for hydroxylation is 4. The first-order chi connectivity index (χ1) is 38.6. The lowest BCUT2D eigenvalue weighted by molar-refractivity contribution is -0.387. The van der Waals surface area contributed by atoms with E-state index in [1.807, 2.05) is 31.2 Å². The number of anilines is 1. The van der Waals surface area contributed by atoms with Gasteiger partial charge in [0.05, 0.1) is 52.5 Å². The number of rotatable bonds is 10. The SMILES string of the molecule is Cc1ccc(F)c([N+](=O)[O-])c1.Cc1ccc(Sc2ccc(Cl)cc2C(=O)O)c([N+](=O)[O-])c1.Cc1ccc(Sc2ccc(Cl)cc2C(=O)O)c([N+](=O)[O-])c1.Cc1ccc2c(c1)NC(=O)c1cc(Cl)ccc1S2.O=C(O)c1cc(Cl)ccc1S. The predicted molar refractivity (Wildman–Crippen MR) is 319 cm³/mol. The van der Waals surface area contributed by atoms with Crippen molar-refractivity contribution in [3.8, 4) is 0 Å². The van der Waals surface area contributed by atoms with Crippen molar-refractivity contribution in [1.29, 1.82) is 0 Å². The maximum absolute atomic E-state index is 12.6. The number of fused-ring (bicyclic) bond motifs is 2. The van der Waals surface area contributed by atoms with E-state index in [9.17, 15) is 64.1 Å². The van der Waals surface area contributed by atoms with Crippen molar-refractivity contribution in [2.24, 2.45) is 0 Å². The van der Waals surface area contributed by atoms with Gasteiger partial charge in [-0.25, -0.2) is 14.4 Å². The molecule has 0 fully saturated rings. The van der Waals surface area contributed by atoms with Gasteiger partial charge < -0.3 is 20.6 Å². The highest BCUT2D eigenvalue weighted by atomic mass is 35.5. The zero-order chi connectivity index (χ0) is 60.7. The molecule has 0 aromatic heterocycles. The zero-order valence-corrected chi connectivity index (χ0v) is 49.1. The van der Waals surface area contributed by atoms with Gasteiger partial charge in [0, 0.05) is 62.8 Å². The van der Waals surface area contributed by atoms with Gasteiger partial charge in [-0.1, -0.05) is 106 Å². The molecule has 0 atom stereocenters. The minimum absolute atomic E-state index is 0.0161. The van der Waals surface area contributed by atoms with Crippen molar-refractivity contribution in [3.63, 3.8) is 0 Å². The van der Waals surface area contributed by atoms with Crippen LogP contribution in [0.4, 0.5) is 27.1 Å². The van der Waals surface area contributed by atoms with Gasteiger partial charge >= 0.3 is 23.6 Å². The molecule has 0 aliphatic carbocycles. The summed E-state index contributed by atoms with van der Waals surface area (Å²) in [5.41, 5.74) is 4.41. The van der Waals surface area contributed by atoms with Gasteiger partial charge in [0.15, 0.2) is 0 Å². The Labute approximate surface area is 504 Å². The Morgan fingerprint density at radius 1 is 0.500 bits per heavy atom. The summed E-state index contributed by atoms with van der Waals surface area (Å²) in [6.45, 7) is 7.19. The summed E-state index contributed by atoms with van der Waals surface area (Å²) in [7, 11) is 0. The van der Waals surface area contributed by atoms with Crippen LogP contribution in [0.5, 0.6) is 0 Å². The van der Waals surface area contributed by atoms with Crippen LogP contribution in [0.2, 0.25) is 20.1 Å². The summed E-state index contributed by atoms with van der Waals surface area (Å²) in [4.78, 5) is 79.7. The number of benzene rings is 8. The van der Waals surface area contributed by atoms with E-state index in [0.29, 0.717) is 55.7 Å². The Bertz CT molecular complexity index is 3510. The van der Waals surface area contributed by atoms with Gasteiger partial charge in [-0.15, -0.1) is 12.6 Å². The first kappa shape index (κ1) is 65.1. The molecule has 4 N–H and O–H groups in total. The monoisotopic (exact) mass is 1260 g/mol. The van der Waals surface area contributed by atoms with E-state index in [1.54, 1.807) is 105 Å². The number of nitro groups is 3. The van der Waals surface area contributed by atoms with Crippen LogP contribution in [-0.2, 0) is 0 Å². The molecule has 0 spiro atoms. The van der Waals surface area contributed by atoms with Gasteiger partial charge in [-0.3, -0.25) is 35.1 Å². The first-order valence-corrected chi connectivity index (χ1v) is 27.5. The number of carboxylic acid groups (broad SMARTS) is 3. The second-order valence-corrected chi connectivity index (χ2v) is 22.4. The summed E-state index contributed by atoms with van der Waals surface area (Å²) in [6.07, 6.45) is 0. The number of nitrogens with zero attached hydrogens (tertiary/aromatic N) is 3. The fraction of sp³-hybridized carbons (Fsp3) is 0.0714. The van der Waals surface area contributed by atoms with E-state index >= 15 is 0 Å². The fourth-order valence-corrected chi connectivity index (χ4v) is 10.7. The molecule has 1 aliphatic rings. The van der Waals surface area contributed by atoms with E-state index < -0.39 is 44.2 Å². The van der Waals surface area contributed by atoms with Crippen molar-refractivity contribution in [2.45, 2.75) is 62.0 Å². The maximum atomic E-state index is 12.6. The number of carbonyl (C=O) groups is 4. The van der Waals surface area contributed by atoms with Crippen molar-refractivity contribution in [2.75, 3.05) is 5.32 Å². The first-order valence-electron chi connectivity index (χ1n) is 23.1. The van der Waals surface area contributed by atoms with E-state index in [1.165, 1.54) is 42.5 Å². The molecule has 8 aromatic rings. The Kier molecular flexibility index (Phi) is 23.7. The molecular weight excluding hydrogens is 1230 g/mol. The van der Waals surface area contributed by atoms with Crippen LogP contribution in [0.3, 0.4) is 0 Å². The highest BCUT2D eigenvalue weighted by Crippen LogP contribution is 2.41. The second kappa shape index (κ2) is 29.9. The molecule has 0 saturated heterocycles. The smallest absolute Gasteiger partial charge is 0.336 e. The topological polar surface area (TPSA) is 270 Å². The summed E-state index contributed by atoms with van der Waals surface area (Å²) >= 11 is 30.7. The molecule has 422 valence electrons. The summed E-state index contributed by atoms with van der Waals surface area (Å²) in [5, 5.41) is 63.8. The van der Waals surface area contributed by atoms with Crippen molar-refractivity contribution in [1.82, 2.24) is 0 Å². The molecule has 0 radical (unpaired) electrons. The number of nitrogens with one attached hydrogen (secondary N) is 1. The predicted octanol–water partition coefficient (Wildman–Crippen LogP) is 17.5. The van der Waals surface area contributed by atoms with E-state index in [-0.39, 0.29) is 34.0 Å². The molecular formula is C56H41Cl4FN4O13S4. The number of halogens is 5. The number of hydrogen-bond acceptors (Lipinski definition) is 14. The highest BCUT2D eigenvalue weighted by Gasteiger charge is 2.23. The number of carboxylic acids is 3. The van der Waals surface area contributed by atoms with Gasteiger partial charge in [-0.2, -0.15) is 4.39 Å². The van der Waals surface area contributed by atoms with Crippen LogP contribution in [0.15, 0.2) is 180 Å². The number of thiol groups is 1. The van der Waals surface area contributed by atoms with Crippen molar-refractivity contribution >= 4 is 141 Å².